The molecular weight excluding hydrogens is 261 g/mol. The molecule has 1 aliphatic rings. The monoisotopic (exact) mass is 273 g/mol. The van der Waals surface area contributed by atoms with Crippen molar-refractivity contribution in [1.29, 1.82) is 0 Å². The van der Waals surface area contributed by atoms with E-state index < -0.39 is 0 Å². The molecule has 0 aromatic carbocycles. The lowest BCUT2D eigenvalue weighted by Crippen LogP contribution is -2.15. The van der Waals surface area contributed by atoms with Crippen LogP contribution in [0.5, 0.6) is 0 Å². The zero-order valence-corrected chi connectivity index (χ0v) is 10.5. The van der Waals surface area contributed by atoms with Gasteiger partial charge in [0.2, 0.25) is 0 Å². The van der Waals surface area contributed by atoms with Gasteiger partial charge in [-0.2, -0.15) is 0 Å². The highest BCUT2D eigenvalue weighted by Crippen LogP contribution is 2.53. The quantitative estimate of drug-likeness (QED) is 0.764. The summed E-state index contributed by atoms with van der Waals surface area (Å²) in [5, 5.41) is 0.265. The summed E-state index contributed by atoms with van der Waals surface area (Å²) in [6.07, 6.45) is 7.32. The molecule has 3 heteroatoms. The molecule has 2 rings (SSSR count). The van der Waals surface area contributed by atoms with Crippen LogP contribution in [0.15, 0.2) is 22.9 Å². The number of pyridine rings is 1. The minimum absolute atomic E-state index is 0.265. The van der Waals surface area contributed by atoms with Crippen LogP contribution in [0.4, 0.5) is 0 Å². The number of rotatable bonds is 3. The predicted octanol–water partition coefficient (Wildman–Crippen LogP) is 3.79. The van der Waals surface area contributed by atoms with Gasteiger partial charge in [-0.3, -0.25) is 4.98 Å². The van der Waals surface area contributed by atoms with Gasteiger partial charge in [0.15, 0.2) is 0 Å². The Morgan fingerprint density at radius 3 is 2.79 bits per heavy atom. The summed E-state index contributed by atoms with van der Waals surface area (Å²) in [7, 11) is 0. The Balaban J connectivity index is 2.11. The first kappa shape index (κ1) is 10.4. The molecule has 1 atom stereocenters. The van der Waals surface area contributed by atoms with Crippen molar-refractivity contribution in [3.8, 4) is 0 Å². The van der Waals surface area contributed by atoms with Crippen LogP contribution < -0.4 is 0 Å². The van der Waals surface area contributed by atoms with Crippen LogP contribution in [0.3, 0.4) is 0 Å². The Morgan fingerprint density at radius 1 is 1.57 bits per heavy atom. The Bertz CT molecular complexity index is 334. The van der Waals surface area contributed by atoms with Crippen molar-refractivity contribution in [2.45, 2.75) is 31.6 Å². The summed E-state index contributed by atoms with van der Waals surface area (Å²) in [6, 6.07) is 2.13. The van der Waals surface area contributed by atoms with Crippen molar-refractivity contribution < 1.29 is 0 Å². The molecule has 1 aromatic heterocycles. The van der Waals surface area contributed by atoms with Crippen LogP contribution in [-0.2, 0) is 6.42 Å². The maximum atomic E-state index is 6.19. The van der Waals surface area contributed by atoms with Crippen LogP contribution in [0.1, 0.15) is 25.3 Å². The molecule has 0 radical (unpaired) electrons. The van der Waals surface area contributed by atoms with Crippen molar-refractivity contribution in [2.75, 3.05) is 0 Å². The fraction of sp³-hybridized carbons (Fsp3) is 0.545. The third kappa shape index (κ3) is 2.12. The second-order valence-corrected chi connectivity index (χ2v) is 5.74. The second kappa shape index (κ2) is 3.82. The van der Waals surface area contributed by atoms with E-state index in [0.717, 1.165) is 10.9 Å². The molecule has 0 amide bonds. The lowest BCUT2D eigenvalue weighted by molar-refractivity contribution is 0.495. The van der Waals surface area contributed by atoms with Gasteiger partial charge in [-0.05, 0) is 59.2 Å². The lowest BCUT2D eigenvalue weighted by atomic mass is 9.94. The molecule has 0 bridgehead atoms. The third-order valence-electron chi connectivity index (χ3n) is 3.05. The molecule has 1 heterocycles. The van der Waals surface area contributed by atoms with Crippen molar-refractivity contribution in [2.24, 2.45) is 5.41 Å². The minimum Gasteiger partial charge on any atom is -0.263 e. The highest BCUT2D eigenvalue weighted by molar-refractivity contribution is 9.10. The molecule has 0 saturated heterocycles. The topological polar surface area (TPSA) is 12.9 Å². The van der Waals surface area contributed by atoms with Crippen molar-refractivity contribution in [3.63, 3.8) is 0 Å². The van der Waals surface area contributed by atoms with Crippen molar-refractivity contribution in [1.82, 2.24) is 4.98 Å². The van der Waals surface area contributed by atoms with Gasteiger partial charge in [-0.1, -0.05) is 0 Å². The van der Waals surface area contributed by atoms with E-state index in [-0.39, 0.29) is 5.38 Å². The molecule has 0 spiro atoms. The van der Waals surface area contributed by atoms with Gasteiger partial charge in [0.25, 0.3) is 0 Å². The molecule has 1 unspecified atom stereocenters. The largest absolute Gasteiger partial charge is 0.263 e. The highest BCUT2D eigenvalue weighted by Gasteiger charge is 2.46. The Morgan fingerprint density at radius 2 is 2.29 bits per heavy atom. The van der Waals surface area contributed by atoms with Crippen LogP contribution in [-0.4, -0.2) is 10.4 Å². The van der Waals surface area contributed by atoms with E-state index in [0.29, 0.717) is 5.41 Å². The smallest absolute Gasteiger partial charge is 0.0410 e. The average Bonchev–Trinajstić information content (AvgIpc) is 2.85. The normalized spacial score (nSPS) is 20.5. The highest BCUT2D eigenvalue weighted by atomic mass is 79.9. The summed E-state index contributed by atoms with van der Waals surface area (Å²) < 4.78 is 1.05. The summed E-state index contributed by atoms with van der Waals surface area (Å²) >= 11 is 9.62. The van der Waals surface area contributed by atoms with Crippen molar-refractivity contribution >= 4 is 27.5 Å². The van der Waals surface area contributed by atoms with Crippen LogP contribution in [0, 0.1) is 5.41 Å². The van der Waals surface area contributed by atoms with Gasteiger partial charge in [0, 0.05) is 22.2 Å². The average molecular weight is 275 g/mol. The molecule has 76 valence electrons. The fourth-order valence-corrected chi connectivity index (χ4v) is 2.54. The molecule has 14 heavy (non-hydrogen) atoms. The number of halogens is 2. The molecular formula is C11H13BrClN. The summed E-state index contributed by atoms with van der Waals surface area (Å²) in [5.74, 6) is 0. The van der Waals surface area contributed by atoms with E-state index in [1.54, 1.807) is 0 Å². The van der Waals surface area contributed by atoms with E-state index in [1.165, 1.54) is 18.4 Å². The zero-order chi connectivity index (χ0) is 10.2. The van der Waals surface area contributed by atoms with Gasteiger partial charge < -0.3 is 0 Å². The van der Waals surface area contributed by atoms with Crippen LogP contribution in [0.25, 0.3) is 0 Å². The van der Waals surface area contributed by atoms with Gasteiger partial charge >= 0.3 is 0 Å². The standard InChI is InChI=1S/C11H13BrClN/c1-8(13)11(2-3-11)5-9-4-10(12)7-14-6-9/h4,6-8H,2-3,5H2,1H3. The number of aromatic nitrogens is 1. The molecule has 1 aromatic rings. The SMILES string of the molecule is CC(Cl)C1(Cc2cncc(Br)c2)CC1. The number of alkyl halides is 1. The Hall–Kier alpha value is -0.0800. The van der Waals surface area contributed by atoms with Gasteiger partial charge in [-0.25, -0.2) is 0 Å². The third-order valence-corrected chi connectivity index (χ3v) is 3.95. The lowest BCUT2D eigenvalue weighted by Gasteiger charge is -2.17. The van der Waals surface area contributed by atoms with Crippen LogP contribution in [0.2, 0.25) is 0 Å². The Kier molecular flexibility index (Phi) is 2.85. The molecule has 1 nitrogen and oxygen atoms in total. The number of hydrogen-bond acceptors (Lipinski definition) is 1. The molecule has 1 fully saturated rings. The molecule has 1 saturated carbocycles. The van der Waals surface area contributed by atoms with E-state index in [4.69, 9.17) is 11.6 Å². The second-order valence-electron chi connectivity index (χ2n) is 4.17. The van der Waals surface area contributed by atoms with Crippen LogP contribution >= 0.6 is 27.5 Å². The maximum absolute atomic E-state index is 6.19. The van der Waals surface area contributed by atoms with E-state index in [9.17, 15) is 0 Å². The molecule has 1 aliphatic carbocycles. The fourth-order valence-electron chi connectivity index (χ4n) is 1.83. The Labute approximate surface area is 98.0 Å². The number of nitrogens with zero attached hydrogens (tertiary/aromatic N) is 1. The van der Waals surface area contributed by atoms with E-state index in [2.05, 4.69) is 33.9 Å². The van der Waals surface area contributed by atoms with Crippen molar-refractivity contribution in [3.05, 3.63) is 28.5 Å². The van der Waals surface area contributed by atoms with E-state index >= 15 is 0 Å². The predicted molar refractivity (Wildman–Crippen MR) is 62.6 cm³/mol. The minimum atomic E-state index is 0.265. The summed E-state index contributed by atoms with van der Waals surface area (Å²) in [6.45, 7) is 2.10. The zero-order valence-electron chi connectivity index (χ0n) is 8.13. The molecule has 0 aliphatic heterocycles. The maximum Gasteiger partial charge on any atom is 0.0410 e. The first-order valence-electron chi connectivity index (χ1n) is 4.86. The van der Waals surface area contributed by atoms with Gasteiger partial charge in [0.05, 0.1) is 0 Å². The molecule has 0 N–H and O–H groups in total. The first-order chi connectivity index (χ1) is 6.62. The summed E-state index contributed by atoms with van der Waals surface area (Å²) in [4.78, 5) is 4.17. The number of hydrogen-bond donors (Lipinski definition) is 0. The van der Waals surface area contributed by atoms with Gasteiger partial charge in [0.1, 0.15) is 0 Å². The first-order valence-corrected chi connectivity index (χ1v) is 6.09. The van der Waals surface area contributed by atoms with E-state index in [1.807, 2.05) is 12.4 Å². The summed E-state index contributed by atoms with van der Waals surface area (Å²) in [5.41, 5.74) is 1.63. The van der Waals surface area contributed by atoms with Gasteiger partial charge in [-0.15, -0.1) is 11.6 Å².